The van der Waals surface area contributed by atoms with Crippen molar-refractivity contribution in [2.75, 3.05) is 24.6 Å². The summed E-state index contributed by atoms with van der Waals surface area (Å²) < 4.78 is 5.73. The highest BCUT2D eigenvalue weighted by atomic mass is 16.5. The summed E-state index contributed by atoms with van der Waals surface area (Å²) in [6.45, 7) is 1.83. The average molecular weight is 274 g/mol. The number of hydrogen-bond acceptors (Lipinski definition) is 3. The van der Waals surface area contributed by atoms with E-state index in [1.165, 1.54) is 0 Å². The summed E-state index contributed by atoms with van der Waals surface area (Å²) in [5, 5.41) is 0. The van der Waals surface area contributed by atoms with E-state index in [4.69, 9.17) is 10.5 Å². The number of fused-ring (bicyclic) bond motifs is 1. The van der Waals surface area contributed by atoms with E-state index >= 15 is 0 Å². The summed E-state index contributed by atoms with van der Waals surface area (Å²) in [5.74, 6) is 0.999. The van der Waals surface area contributed by atoms with Crippen LogP contribution in [0.1, 0.15) is 32.1 Å². The van der Waals surface area contributed by atoms with Crippen molar-refractivity contribution in [2.24, 2.45) is 11.1 Å². The van der Waals surface area contributed by atoms with Crippen LogP contribution in [0.4, 0.5) is 5.69 Å². The summed E-state index contributed by atoms with van der Waals surface area (Å²) in [6, 6.07) is 7.81. The summed E-state index contributed by atoms with van der Waals surface area (Å²) in [7, 11) is 0. The number of nitrogens with zero attached hydrogens (tertiary/aromatic N) is 1. The second-order valence-electron chi connectivity index (χ2n) is 5.82. The monoisotopic (exact) mass is 274 g/mol. The van der Waals surface area contributed by atoms with Gasteiger partial charge in [-0.3, -0.25) is 4.79 Å². The highest BCUT2D eigenvalue weighted by Gasteiger charge is 2.43. The maximum Gasteiger partial charge on any atom is 0.234 e. The van der Waals surface area contributed by atoms with E-state index in [0.29, 0.717) is 13.2 Å². The molecule has 0 spiro atoms. The van der Waals surface area contributed by atoms with Gasteiger partial charge in [0, 0.05) is 13.1 Å². The van der Waals surface area contributed by atoms with E-state index in [9.17, 15) is 4.79 Å². The predicted molar refractivity (Wildman–Crippen MR) is 78.9 cm³/mol. The first-order valence-corrected chi connectivity index (χ1v) is 7.51. The molecule has 1 saturated carbocycles. The van der Waals surface area contributed by atoms with Crippen molar-refractivity contribution in [3.8, 4) is 5.75 Å². The molecule has 0 radical (unpaired) electrons. The fraction of sp³-hybridized carbons (Fsp3) is 0.562. The van der Waals surface area contributed by atoms with Gasteiger partial charge in [-0.25, -0.2) is 0 Å². The molecule has 2 N–H and O–H groups in total. The van der Waals surface area contributed by atoms with Gasteiger partial charge in [0.15, 0.2) is 0 Å². The molecule has 1 aliphatic carbocycles. The molecule has 0 unspecified atom stereocenters. The van der Waals surface area contributed by atoms with Gasteiger partial charge in [-0.1, -0.05) is 25.0 Å². The Balaban J connectivity index is 1.95. The van der Waals surface area contributed by atoms with Crippen LogP contribution in [0.2, 0.25) is 0 Å². The molecule has 0 aromatic heterocycles. The SMILES string of the molecule is NCC1(C(=O)N2CCCOc3ccccc32)CCCC1. The van der Waals surface area contributed by atoms with Gasteiger partial charge in [-0.15, -0.1) is 0 Å². The van der Waals surface area contributed by atoms with Gasteiger partial charge in [-0.05, 0) is 31.4 Å². The molecule has 108 valence electrons. The van der Waals surface area contributed by atoms with E-state index < -0.39 is 0 Å². The van der Waals surface area contributed by atoms with Gasteiger partial charge in [0.05, 0.1) is 17.7 Å². The van der Waals surface area contributed by atoms with Gasteiger partial charge in [0.1, 0.15) is 5.75 Å². The van der Waals surface area contributed by atoms with Crippen LogP contribution in [-0.4, -0.2) is 25.6 Å². The minimum Gasteiger partial charge on any atom is -0.491 e. The quantitative estimate of drug-likeness (QED) is 0.900. The number of para-hydroxylation sites is 2. The summed E-state index contributed by atoms with van der Waals surface area (Å²) in [4.78, 5) is 15.0. The Morgan fingerprint density at radius 2 is 2.00 bits per heavy atom. The average Bonchev–Trinajstić information content (AvgIpc) is 2.88. The molecular weight excluding hydrogens is 252 g/mol. The highest BCUT2D eigenvalue weighted by Crippen LogP contribution is 2.41. The minimum atomic E-state index is -0.350. The normalized spacial score (nSPS) is 20.9. The Bertz CT molecular complexity index is 495. The lowest BCUT2D eigenvalue weighted by molar-refractivity contribution is -0.127. The number of amides is 1. The van der Waals surface area contributed by atoms with Crippen molar-refractivity contribution in [3.63, 3.8) is 0 Å². The molecule has 2 aliphatic rings. The highest BCUT2D eigenvalue weighted by molar-refractivity contribution is 5.99. The second-order valence-corrected chi connectivity index (χ2v) is 5.82. The molecule has 1 aliphatic heterocycles. The first-order valence-electron chi connectivity index (χ1n) is 7.51. The van der Waals surface area contributed by atoms with Crippen molar-refractivity contribution in [1.29, 1.82) is 0 Å². The number of benzene rings is 1. The number of ether oxygens (including phenoxy) is 1. The number of rotatable bonds is 2. The molecule has 1 aromatic rings. The molecule has 3 rings (SSSR count). The van der Waals surface area contributed by atoms with Crippen molar-refractivity contribution in [2.45, 2.75) is 32.1 Å². The van der Waals surface area contributed by atoms with Crippen LogP contribution in [0, 0.1) is 5.41 Å². The smallest absolute Gasteiger partial charge is 0.234 e. The fourth-order valence-electron chi connectivity index (χ4n) is 3.38. The van der Waals surface area contributed by atoms with E-state index in [2.05, 4.69) is 0 Å². The Hall–Kier alpha value is -1.55. The van der Waals surface area contributed by atoms with Crippen LogP contribution < -0.4 is 15.4 Å². The first-order chi connectivity index (χ1) is 9.77. The van der Waals surface area contributed by atoms with Crippen LogP contribution in [0.15, 0.2) is 24.3 Å². The maximum absolute atomic E-state index is 13.1. The minimum absolute atomic E-state index is 0.190. The zero-order valence-corrected chi connectivity index (χ0v) is 11.8. The van der Waals surface area contributed by atoms with Gasteiger partial charge in [-0.2, -0.15) is 0 Å². The summed E-state index contributed by atoms with van der Waals surface area (Å²) in [6.07, 6.45) is 4.91. The number of anilines is 1. The molecule has 1 amide bonds. The zero-order valence-electron chi connectivity index (χ0n) is 11.8. The topological polar surface area (TPSA) is 55.6 Å². The predicted octanol–water partition coefficient (Wildman–Crippen LogP) is 2.32. The van der Waals surface area contributed by atoms with E-state index in [1.807, 2.05) is 29.2 Å². The number of carbonyl (C=O) groups excluding carboxylic acids is 1. The fourth-order valence-corrected chi connectivity index (χ4v) is 3.38. The summed E-state index contributed by atoms with van der Waals surface area (Å²) >= 11 is 0. The molecule has 0 bridgehead atoms. The van der Waals surface area contributed by atoms with Crippen molar-refractivity contribution in [1.82, 2.24) is 0 Å². The van der Waals surface area contributed by atoms with Crippen molar-refractivity contribution >= 4 is 11.6 Å². The second kappa shape index (κ2) is 5.44. The molecule has 4 nitrogen and oxygen atoms in total. The molecule has 1 heterocycles. The lowest BCUT2D eigenvalue weighted by Gasteiger charge is -2.33. The van der Waals surface area contributed by atoms with Gasteiger partial charge in [0.2, 0.25) is 5.91 Å². The standard InChI is InChI=1S/C16H22N2O2/c17-12-16(8-3-4-9-16)15(19)18-10-5-11-20-14-7-2-1-6-13(14)18/h1-2,6-7H,3-5,8-12,17H2. The van der Waals surface area contributed by atoms with E-state index in [0.717, 1.165) is 50.1 Å². The zero-order chi connectivity index (χ0) is 14.0. The third-order valence-electron chi connectivity index (χ3n) is 4.59. The molecule has 4 heteroatoms. The molecule has 20 heavy (non-hydrogen) atoms. The lowest BCUT2D eigenvalue weighted by atomic mass is 9.84. The molecule has 1 aromatic carbocycles. The Labute approximate surface area is 119 Å². The van der Waals surface area contributed by atoms with Crippen LogP contribution >= 0.6 is 0 Å². The number of hydrogen-bond donors (Lipinski definition) is 1. The molecule has 0 atom stereocenters. The van der Waals surface area contributed by atoms with Crippen LogP contribution in [-0.2, 0) is 4.79 Å². The number of carbonyl (C=O) groups is 1. The molecular formula is C16H22N2O2. The Morgan fingerprint density at radius 3 is 2.75 bits per heavy atom. The first kappa shape index (κ1) is 13.4. The van der Waals surface area contributed by atoms with Gasteiger partial charge in [0.25, 0.3) is 0 Å². The van der Waals surface area contributed by atoms with Crippen LogP contribution in [0.3, 0.4) is 0 Å². The third-order valence-corrected chi connectivity index (χ3v) is 4.59. The van der Waals surface area contributed by atoms with Crippen LogP contribution in [0.5, 0.6) is 5.75 Å². The van der Waals surface area contributed by atoms with E-state index in [-0.39, 0.29) is 11.3 Å². The lowest BCUT2D eigenvalue weighted by Crippen LogP contribution is -2.47. The van der Waals surface area contributed by atoms with E-state index in [1.54, 1.807) is 0 Å². The van der Waals surface area contributed by atoms with Crippen molar-refractivity contribution < 1.29 is 9.53 Å². The van der Waals surface area contributed by atoms with Gasteiger partial charge >= 0.3 is 0 Å². The van der Waals surface area contributed by atoms with Gasteiger partial charge < -0.3 is 15.4 Å². The Kier molecular flexibility index (Phi) is 3.66. The maximum atomic E-state index is 13.1. The summed E-state index contributed by atoms with van der Waals surface area (Å²) in [5.41, 5.74) is 6.50. The Morgan fingerprint density at radius 1 is 1.25 bits per heavy atom. The molecule has 1 fully saturated rings. The molecule has 0 saturated heterocycles. The third kappa shape index (κ3) is 2.18. The number of nitrogens with two attached hydrogens (primary N) is 1. The van der Waals surface area contributed by atoms with Crippen LogP contribution in [0.25, 0.3) is 0 Å². The van der Waals surface area contributed by atoms with Crippen molar-refractivity contribution in [3.05, 3.63) is 24.3 Å². The largest absolute Gasteiger partial charge is 0.491 e.